The second-order valence-electron chi connectivity index (χ2n) is 4.84. The minimum atomic E-state index is -0.560. The molecule has 104 valence electrons. The highest BCUT2D eigenvalue weighted by Crippen LogP contribution is 2.35. The molecular weight excluding hydrogens is 252 g/mol. The Morgan fingerprint density at radius 3 is 2.30 bits per heavy atom. The fraction of sp³-hybridized carbons (Fsp3) is 0.188. The quantitative estimate of drug-likeness (QED) is 0.841. The van der Waals surface area contributed by atoms with Crippen LogP contribution < -0.4 is 16.2 Å². The number of nitrogens with two attached hydrogens (primary N) is 2. The molecular formula is C16H18N2O2. The maximum absolute atomic E-state index is 11.5. The average molecular weight is 270 g/mol. The van der Waals surface area contributed by atoms with Crippen LogP contribution in [0.15, 0.2) is 30.3 Å². The molecule has 2 aromatic rings. The largest absolute Gasteiger partial charge is 0.454 e. The molecule has 2 aromatic carbocycles. The van der Waals surface area contributed by atoms with Crippen molar-refractivity contribution in [1.82, 2.24) is 0 Å². The molecule has 0 bridgehead atoms. The summed E-state index contributed by atoms with van der Waals surface area (Å²) in [5.74, 6) is 0.470. The summed E-state index contributed by atoms with van der Waals surface area (Å²) in [7, 11) is 0. The summed E-state index contributed by atoms with van der Waals surface area (Å²) in [5, 5.41) is 0. The summed E-state index contributed by atoms with van der Waals surface area (Å²) in [4.78, 5) is 11.5. The zero-order chi connectivity index (χ0) is 14.9. The lowest BCUT2D eigenvalue weighted by Crippen LogP contribution is -2.13. The van der Waals surface area contributed by atoms with Crippen molar-refractivity contribution in [2.24, 2.45) is 5.73 Å². The predicted octanol–water partition coefficient (Wildman–Crippen LogP) is 3.09. The van der Waals surface area contributed by atoms with Crippen LogP contribution in [0, 0.1) is 20.8 Å². The summed E-state index contributed by atoms with van der Waals surface area (Å²) in [6.45, 7) is 5.93. The minimum absolute atomic E-state index is 0.283. The predicted molar refractivity (Wildman–Crippen MR) is 80.1 cm³/mol. The van der Waals surface area contributed by atoms with Crippen molar-refractivity contribution in [1.29, 1.82) is 0 Å². The molecule has 4 heteroatoms. The van der Waals surface area contributed by atoms with E-state index in [2.05, 4.69) is 0 Å². The monoisotopic (exact) mass is 270 g/mol. The maximum Gasteiger partial charge on any atom is 0.252 e. The van der Waals surface area contributed by atoms with Gasteiger partial charge in [-0.1, -0.05) is 18.2 Å². The van der Waals surface area contributed by atoms with Gasteiger partial charge in [-0.15, -0.1) is 0 Å². The number of benzene rings is 2. The van der Waals surface area contributed by atoms with Gasteiger partial charge < -0.3 is 16.2 Å². The van der Waals surface area contributed by atoms with Gasteiger partial charge in [0, 0.05) is 0 Å². The molecule has 0 saturated heterocycles. The van der Waals surface area contributed by atoms with E-state index in [0.29, 0.717) is 17.2 Å². The molecule has 2 rings (SSSR count). The van der Waals surface area contributed by atoms with Crippen LogP contribution in [0.3, 0.4) is 0 Å². The molecule has 0 atom stereocenters. The highest BCUT2D eigenvalue weighted by atomic mass is 16.5. The van der Waals surface area contributed by atoms with Gasteiger partial charge in [-0.05, 0) is 49.6 Å². The number of carbonyl (C=O) groups excluding carboxylic acids is 1. The summed E-state index contributed by atoms with van der Waals surface area (Å²) in [6.07, 6.45) is 0. The zero-order valence-corrected chi connectivity index (χ0v) is 11.9. The van der Waals surface area contributed by atoms with Crippen LogP contribution in [-0.4, -0.2) is 5.91 Å². The van der Waals surface area contributed by atoms with Crippen molar-refractivity contribution in [3.63, 3.8) is 0 Å². The first-order valence-corrected chi connectivity index (χ1v) is 6.34. The molecule has 0 aromatic heterocycles. The van der Waals surface area contributed by atoms with E-state index in [9.17, 15) is 4.79 Å². The molecule has 0 saturated carbocycles. The molecule has 0 aliphatic rings. The third kappa shape index (κ3) is 2.45. The Hall–Kier alpha value is -2.49. The molecule has 4 nitrogen and oxygen atoms in total. The Labute approximate surface area is 118 Å². The van der Waals surface area contributed by atoms with Gasteiger partial charge in [0.2, 0.25) is 0 Å². The Bertz CT molecular complexity index is 678. The van der Waals surface area contributed by atoms with Crippen LogP contribution in [0.4, 0.5) is 5.69 Å². The van der Waals surface area contributed by atoms with Crippen LogP contribution in [-0.2, 0) is 0 Å². The van der Waals surface area contributed by atoms with Crippen molar-refractivity contribution < 1.29 is 9.53 Å². The highest BCUT2D eigenvalue weighted by molar-refractivity contribution is 5.97. The number of carbonyl (C=O) groups is 1. The van der Waals surface area contributed by atoms with Gasteiger partial charge in [0.1, 0.15) is 5.75 Å². The van der Waals surface area contributed by atoms with Gasteiger partial charge >= 0.3 is 0 Å². The zero-order valence-electron chi connectivity index (χ0n) is 11.9. The van der Waals surface area contributed by atoms with Crippen LogP contribution >= 0.6 is 0 Å². The van der Waals surface area contributed by atoms with Crippen molar-refractivity contribution in [3.8, 4) is 11.5 Å². The maximum atomic E-state index is 11.5. The fourth-order valence-corrected chi connectivity index (χ4v) is 2.05. The first-order valence-electron chi connectivity index (χ1n) is 6.34. The number of aryl methyl sites for hydroxylation is 2. The lowest BCUT2D eigenvalue weighted by molar-refractivity contribution is 0.0998. The fourth-order valence-electron chi connectivity index (χ4n) is 2.05. The lowest BCUT2D eigenvalue weighted by atomic mass is 10.0. The third-order valence-electron chi connectivity index (χ3n) is 3.39. The molecule has 0 fully saturated rings. The average Bonchev–Trinajstić information content (AvgIpc) is 2.40. The van der Waals surface area contributed by atoms with E-state index < -0.39 is 5.91 Å². The molecule has 0 spiro atoms. The molecule has 0 aliphatic heterocycles. The molecule has 0 heterocycles. The number of ether oxygens (including phenoxy) is 1. The Morgan fingerprint density at radius 1 is 1.00 bits per heavy atom. The van der Waals surface area contributed by atoms with E-state index in [0.717, 1.165) is 16.7 Å². The van der Waals surface area contributed by atoms with E-state index >= 15 is 0 Å². The minimum Gasteiger partial charge on any atom is -0.454 e. The van der Waals surface area contributed by atoms with Crippen LogP contribution in [0.25, 0.3) is 0 Å². The highest BCUT2D eigenvalue weighted by Gasteiger charge is 2.16. The number of rotatable bonds is 3. The number of nitrogen functional groups attached to an aromatic ring is 1. The molecule has 4 N–H and O–H groups in total. The first-order chi connectivity index (χ1) is 9.41. The van der Waals surface area contributed by atoms with Gasteiger partial charge in [0.05, 0.1) is 11.3 Å². The smallest absolute Gasteiger partial charge is 0.252 e. The molecule has 0 unspecified atom stereocenters. The molecule has 0 radical (unpaired) electrons. The second kappa shape index (κ2) is 5.25. The van der Waals surface area contributed by atoms with Crippen LogP contribution in [0.5, 0.6) is 11.5 Å². The van der Waals surface area contributed by atoms with Crippen molar-refractivity contribution in [2.75, 3.05) is 5.73 Å². The summed E-state index contributed by atoms with van der Waals surface area (Å²) in [6, 6.07) is 8.97. The third-order valence-corrected chi connectivity index (χ3v) is 3.39. The first kappa shape index (κ1) is 13.9. The Morgan fingerprint density at radius 2 is 1.65 bits per heavy atom. The summed E-state index contributed by atoms with van der Waals surface area (Å²) in [5.41, 5.74) is 15.1. The van der Waals surface area contributed by atoms with E-state index in [-0.39, 0.29) is 5.56 Å². The topological polar surface area (TPSA) is 78.3 Å². The van der Waals surface area contributed by atoms with Crippen molar-refractivity contribution in [2.45, 2.75) is 20.8 Å². The van der Waals surface area contributed by atoms with Gasteiger partial charge in [-0.2, -0.15) is 0 Å². The van der Waals surface area contributed by atoms with Gasteiger partial charge in [-0.25, -0.2) is 0 Å². The van der Waals surface area contributed by atoms with Crippen molar-refractivity contribution in [3.05, 3.63) is 52.6 Å². The Balaban J connectivity index is 2.56. The molecule has 1 amide bonds. The Kier molecular flexibility index (Phi) is 3.66. The van der Waals surface area contributed by atoms with E-state index in [4.69, 9.17) is 16.2 Å². The van der Waals surface area contributed by atoms with Gasteiger partial charge in [0.15, 0.2) is 5.75 Å². The van der Waals surface area contributed by atoms with Gasteiger partial charge in [-0.3, -0.25) is 4.79 Å². The summed E-state index contributed by atoms with van der Waals surface area (Å²) < 4.78 is 5.92. The van der Waals surface area contributed by atoms with E-state index in [1.54, 1.807) is 18.2 Å². The normalized spacial score (nSPS) is 10.3. The van der Waals surface area contributed by atoms with Crippen LogP contribution in [0.2, 0.25) is 0 Å². The van der Waals surface area contributed by atoms with E-state index in [1.807, 2.05) is 32.9 Å². The van der Waals surface area contributed by atoms with Crippen molar-refractivity contribution >= 4 is 11.6 Å². The molecule has 20 heavy (non-hydrogen) atoms. The molecule has 0 aliphatic carbocycles. The standard InChI is InChI=1S/C16H18N2O2/c1-9-7-8-10(2)14(11(9)3)20-15-12(16(18)19)5-4-6-13(15)17/h4-8H,17H2,1-3H3,(H2,18,19). The number of amides is 1. The van der Waals surface area contributed by atoms with Crippen LogP contribution in [0.1, 0.15) is 27.0 Å². The number of para-hydroxylation sites is 1. The van der Waals surface area contributed by atoms with E-state index in [1.165, 1.54) is 0 Å². The SMILES string of the molecule is Cc1ccc(C)c(Oc2c(N)cccc2C(N)=O)c1C. The number of anilines is 1. The number of primary amides is 1. The van der Waals surface area contributed by atoms with Gasteiger partial charge in [0.25, 0.3) is 5.91 Å². The summed E-state index contributed by atoms with van der Waals surface area (Å²) >= 11 is 0. The number of hydrogen-bond donors (Lipinski definition) is 2. The lowest BCUT2D eigenvalue weighted by Gasteiger charge is -2.16. The second-order valence-corrected chi connectivity index (χ2v) is 4.84. The number of hydrogen-bond acceptors (Lipinski definition) is 3.